The highest BCUT2D eigenvalue weighted by Gasteiger charge is 2.22. The zero-order chi connectivity index (χ0) is 11.5. The van der Waals surface area contributed by atoms with E-state index in [2.05, 4.69) is 15.5 Å². The third kappa shape index (κ3) is 2.58. The van der Waals surface area contributed by atoms with Crippen molar-refractivity contribution in [2.45, 2.75) is 12.8 Å². The average molecular weight is 229 g/mol. The molecule has 2 aromatic rings. The number of aromatic amines is 1. The lowest BCUT2D eigenvalue weighted by Crippen LogP contribution is -2.02. The second-order valence-electron chi connectivity index (χ2n) is 4.35. The van der Waals surface area contributed by atoms with E-state index in [0.717, 1.165) is 29.8 Å². The zero-order valence-corrected chi connectivity index (χ0v) is 9.52. The van der Waals surface area contributed by atoms with Gasteiger partial charge in [0, 0.05) is 6.07 Å². The third-order valence-electron chi connectivity index (χ3n) is 2.83. The Balaban J connectivity index is 1.72. The smallest absolute Gasteiger partial charge is 0.142 e. The van der Waals surface area contributed by atoms with E-state index in [4.69, 9.17) is 4.74 Å². The fourth-order valence-corrected chi connectivity index (χ4v) is 1.66. The quantitative estimate of drug-likeness (QED) is 0.828. The molecule has 0 radical (unpaired) electrons. The molecule has 1 aromatic heterocycles. The summed E-state index contributed by atoms with van der Waals surface area (Å²) >= 11 is 0. The van der Waals surface area contributed by atoms with Crippen LogP contribution in [0.4, 0.5) is 11.5 Å². The monoisotopic (exact) mass is 229 g/mol. The van der Waals surface area contributed by atoms with Crippen LogP contribution in [0.25, 0.3) is 0 Å². The molecule has 0 unspecified atom stereocenters. The molecule has 1 fully saturated rings. The number of aromatic nitrogens is 2. The molecule has 88 valence electrons. The summed E-state index contributed by atoms with van der Waals surface area (Å²) in [5.74, 6) is 2.52. The van der Waals surface area contributed by atoms with Gasteiger partial charge in [-0.05, 0) is 30.9 Å². The molecule has 4 heteroatoms. The predicted octanol–water partition coefficient (Wildman–Crippen LogP) is 2.94. The maximum absolute atomic E-state index is 5.81. The van der Waals surface area contributed by atoms with E-state index in [1.807, 2.05) is 30.3 Å². The number of anilines is 2. The molecule has 1 aromatic carbocycles. The maximum Gasteiger partial charge on any atom is 0.142 e. The molecule has 1 heterocycles. The summed E-state index contributed by atoms with van der Waals surface area (Å²) < 4.78 is 5.81. The van der Waals surface area contributed by atoms with Crippen LogP contribution in [0.1, 0.15) is 12.8 Å². The predicted molar refractivity (Wildman–Crippen MR) is 66.5 cm³/mol. The highest BCUT2D eigenvalue weighted by atomic mass is 16.5. The van der Waals surface area contributed by atoms with E-state index < -0.39 is 0 Å². The van der Waals surface area contributed by atoms with Crippen LogP contribution in [0, 0.1) is 5.92 Å². The number of nitrogens with one attached hydrogen (secondary N) is 2. The van der Waals surface area contributed by atoms with Crippen LogP contribution in [0.5, 0.6) is 5.75 Å². The fraction of sp³-hybridized carbons (Fsp3) is 0.308. The fourth-order valence-electron chi connectivity index (χ4n) is 1.66. The van der Waals surface area contributed by atoms with E-state index in [1.165, 1.54) is 12.8 Å². The first kappa shape index (κ1) is 10.2. The molecule has 0 amide bonds. The lowest BCUT2D eigenvalue weighted by molar-refractivity contribution is 0.301. The highest BCUT2D eigenvalue weighted by molar-refractivity contribution is 5.63. The number of ether oxygens (including phenoxy) is 1. The molecule has 0 atom stereocenters. The van der Waals surface area contributed by atoms with Gasteiger partial charge in [-0.25, -0.2) is 0 Å². The second-order valence-corrected chi connectivity index (χ2v) is 4.35. The van der Waals surface area contributed by atoms with Gasteiger partial charge in [0.1, 0.15) is 11.6 Å². The number of H-pyrrole nitrogens is 1. The summed E-state index contributed by atoms with van der Waals surface area (Å²) in [4.78, 5) is 0. The van der Waals surface area contributed by atoms with Crippen molar-refractivity contribution < 1.29 is 4.74 Å². The minimum absolute atomic E-state index is 0.759. The van der Waals surface area contributed by atoms with Crippen LogP contribution in [0.2, 0.25) is 0 Å². The molecule has 0 aliphatic heterocycles. The van der Waals surface area contributed by atoms with Gasteiger partial charge in [0.15, 0.2) is 0 Å². The summed E-state index contributed by atoms with van der Waals surface area (Å²) in [5, 5.41) is 10.0. The van der Waals surface area contributed by atoms with E-state index in [9.17, 15) is 0 Å². The normalized spacial score (nSPS) is 14.6. The van der Waals surface area contributed by atoms with Gasteiger partial charge in [-0.1, -0.05) is 12.1 Å². The average Bonchev–Trinajstić information content (AvgIpc) is 3.05. The molecule has 0 saturated heterocycles. The Labute approximate surface area is 100 Å². The number of nitrogens with zero attached hydrogens (tertiary/aromatic N) is 1. The first-order valence-electron chi connectivity index (χ1n) is 5.90. The minimum atomic E-state index is 0.759. The van der Waals surface area contributed by atoms with Crippen molar-refractivity contribution in [1.82, 2.24) is 10.2 Å². The summed E-state index contributed by atoms with van der Waals surface area (Å²) in [6.07, 6.45) is 4.32. The first-order chi connectivity index (χ1) is 8.42. The highest BCUT2D eigenvalue weighted by Crippen LogP contribution is 2.32. The number of hydrogen-bond donors (Lipinski definition) is 2. The van der Waals surface area contributed by atoms with Gasteiger partial charge in [-0.3, -0.25) is 5.10 Å². The van der Waals surface area contributed by atoms with Crippen LogP contribution >= 0.6 is 0 Å². The Kier molecular flexibility index (Phi) is 2.69. The Bertz CT molecular complexity index is 477. The SMILES string of the molecule is c1ccc(OCC2CC2)c(Nc2ccn[nH]2)c1. The molecule has 0 spiro atoms. The van der Waals surface area contributed by atoms with Crippen LogP contribution in [0.3, 0.4) is 0 Å². The Morgan fingerprint density at radius 3 is 2.94 bits per heavy atom. The van der Waals surface area contributed by atoms with Crippen molar-refractivity contribution in [2.24, 2.45) is 5.92 Å². The molecule has 1 aliphatic carbocycles. The molecule has 1 aliphatic rings. The Morgan fingerprint density at radius 2 is 2.18 bits per heavy atom. The molecule has 17 heavy (non-hydrogen) atoms. The summed E-state index contributed by atoms with van der Waals surface area (Å²) in [6.45, 7) is 0.821. The second kappa shape index (κ2) is 4.49. The standard InChI is InChI=1S/C13H15N3O/c1-2-4-12(17-9-10-5-6-10)11(3-1)15-13-7-8-14-16-13/h1-4,7-8,10H,5-6,9H2,(H2,14,15,16). The van der Waals surface area contributed by atoms with Crippen molar-refractivity contribution in [1.29, 1.82) is 0 Å². The van der Waals surface area contributed by atoms with Crippen molar-refractivity contribution >= 4 is 11.5 Å². The van der Waals surface area contributed by atoms with Crippen LogP contribution in [0.15, 0.2) is 36.5 Å². The summed E-state index contributed by atoms with van der Waals surface area (Å²) in [6, 6.07) is 9.85. The molecule has 3 rings (SSSR count). The first-order valence-corrected chi connectivity index (χ1v) is 5.90. The summed E-state index contributed by atoms with van der Waals surface area (Å²) in [7, 11) is 0. The van der Waals surface area contributed by atoms with Crippen LogP contribution in [-0.4, -0.2) is 16.8 Å². The van der Waals surface area contributed by atoms with E-state index in [1.54, 1.807) is 6.20 Å². The maximum atomic E-state index is 5.81. The topological polar surface area (TPSA) is 49.9 Å². The van der Waals surface area contributed by atoms with Crippen molar-refractivity contribution in [3.8, 4) is 5.75 Å². The van der Waals surface area contributed by atoms with E-state index in [0.29, 0.717) is 0 Å². The molecule has 4 nitrogen and oxygen atoms in total. The molecular weight excluding hydrogens is 214 g/mol. The van der Waals surface area contributed by atoms with Crippen LogP contribution < -0.4 is 10.1 Å². The summed E-state index contributed by atoms with van der Waals surface area (Å²) in [5.41, 5.74) is 0.970. The molecule has 2 N–H and O–H groups in total. The molecule has 1 saturated carbocycles. The molecule has 0 bridgehead atoms. The lowest BCUT2D eigenvalue weighted by Gasteiger charge is -2.11. The Morgan fingerprint density at radius 1 is 1.29 bits per heavy atom. The zero-order valence-electron chi connectivity index (χ0n) is 9.52. The van der Waals surface area contributed by atoms with Crippen LogP contribution in [-0.2, 0) is 0 Å². The minimum Gasteiger partial charge on any atom is -0.491 e. The van der Waals surface area contributed by atoms with Crippen molar-refractivity contribution in [3.05, 3.63) is 36.5 Å². The largest absolute Gasteiger partial charge is 0.491 e. The Hall–Kier alpha value is -1.97. The van der Waals surface area contributed by atoms with Gasteiger partial charge < -0.3 is 10.1 Å². The van der Waals surface area contributed by atoms with Gasteiger partial charge in [0.25, 0.3) is 0 Å². The van der Waals surface area contributed by atoms with E-state index >= 15 is 0 Å². The van der Waals surface area contributed by atoms with Crippen molar-refractivity contribution in [2.75, 3.05) is 11.9 Å². The number of hydrogen-bond acceptors (Lipinski definition) is 3. The van der Waals surface area contributed by atoms with Gasteiger partial charge in [0.05, 0.1) is 18.5 Å². The number of para-hydroxylation sites is 2. The van der Waals surface area contributed by atoms with Crippen molar-refractivity contribution in [3.63, 3.8) is 0 Å². The van der Waals surface area contributed by atoms with Gasteiger partial charge in [-0.15, -0.1) is 0 Å². The third-order valence-corrected chi connectivity index (χ3v) is 2.83. The molecular formula is C13H15N3O. The van der Waals surface area contributed by atoms with Gasteiger partial charge in [0.2, 0.25) is 0 Å². The number of benzene rings is 1. The van der Waals surface area contributed by atoms with Gasteiger partial charge in [-0.2, -0.15) is 5.10 Å². The van der Waals surface area contributed by atoms with E-state index in [-0.39, 0.29) is 0 Å². The lowest BCUT2D eigenvalue weighted by atomic mass is 10.3. The number of rotatable bonds is 5. The van der Waals surface area contributed by atoms with Gasteiger partial charge >= 0.3 is 0 Å².